The molecule has 5 nitrogen and oxygen atoms in total. The van der Waals surface area contributed by atoms with E-state index < -0.39 is 0 Å². The van der Waals surface area contributed by atoms with Gasteiger partial charge in [0.05, 0.1) is 6.54 Å². The number of hydrogen-bond donors (Lipinski definition) is 1. The average Bonchev–Trinajstić information content (AvgIpc) is 2.41. The van der Waals surface area contributed by atoms with E-state index >= 15 is 0 Å². The largest absolute Gasteiger partial charge is 0.336 e. The molecule has 2 aliphatic rings. The normalized spacial score (nSPS) is 27.6. The predicted octanol–water partition coefficient (Wildman–Crippen LogP) is 1.41. The van der Waals surface area contributed by atoms with Crippen molar-refractivity contribution in [1.29, 1.82) is 0 Å². The van der Waals surface area contributed by atoms with Crippen LogP contribution in [0.15, 0.2) is 0 Å². The molecule has 21 heavy (non-hydrogen) atoms. The van der Waals surface area contributed by atoms with E-state index in [2.05, 4.69) is 19.2 Å². The number of rotatable bonds is 2. The zero-order valence-electron chi connectivity index (χ0n) is 13.1. The Labute approximate surface area is 133 Å². The fraction of sp³-hybridized carbons (Fsp3) is 0.867. The minimum atomic E-state index is 0. The number of carbonyl (C=O) groups excluding carboxylic acids is 2. The van der Waals surface area contributed by atoms with Crippen molar-refractivity contribution < 1.29 is 9.59 Å². The van der Waals surface area contributed by atoms with Crippen LogP contribution in [0.1, 0.15) is 46.0 Å². The molecule has 0 aromatic rings. The second-order valence-electron chi connectivity index (χ2n) is 6.05. The number of nitrogens with one attached hydrogen (secondary N) is 1. The molecule has 2 unspecified atom stereocenters. The van der Waals surface area contributed by atoms with Crippen molar-refractivity contribution in [2.24, 2.45) is 0 Å². The molecule has 0 bridgehead atoms. The third-order valence-electron chi connectivity index (χ3n) is 4.60. The highest BCUT2D eigenvalue weighted by molar-refractivity contribution is 5.85. The van der Waals surface area contributed by atoms with Crippen molar-refractivity contribution in [3.8, 4) is 0 Å². The lowest BCUT2D eigenvalue weighted by molar-refractivity contribution is -0.143. The van der Waals surface area contributed by atoms with E-state index in [1.165, 1.54) is 6.42 Å². The van der Waals surface area contributed by atoms with Crippen LogP contribution in [0.5, 0.6) is 0 Å². The number of piperazine rings is 1. The highest BCUT2D eigenvalue weighted by Gasteiger charge is 2.29. The van der Waals surface area contributed by atoms with E-state index in [1.54, 1.807) is 4.90 Å². The Hall–Kier alpha value is -0.810. The molecule has 2 atom stereocenters. The molecule has 0 spiro atoms. The van der Waals surface area contributed by atoms with E-state index in [0.717, 1.165) is 38.9 Å². The summed E-state index contributed by atoms with van der Waals surface area (Å²) in [5, 5.41) is 3.37. The smallest absolute Gasteiger partial charge is 0.242 e. The third kappa shape index (κ3) is 4.85. The summed E-state index contributed by atoms with van der Waals surface area (Å²) in [6, 6.07) is 0.511. The van der Waals surface area contributed by atoms with Crippen molar-refractivity contribution in [2.45, 2.75) is 58.0 Å². The van der Waals surface area contributed by atoms with Gasteiger partial charge in [0.1, 0.15) is 0 Å². The Morgan fingerprint density at radius 2 is 1.90 bits per heavy atom. The maximum absolute atomic E-state index is 12.5. The predicted molar refractivity (Wildman–Crippen MR) is 85.6 cm³/mol. The van der Waals surface area contributed by atoms with Crippen molar-refractivity contribution in [1.82, 2.24) is 15.1 Å². The molecule has 2 aliphatic heterocycles. The number of amides is 2. The standard InChI is InChI=1S/C15H27N3O2.ClH/c1-12-13(2)18(10-8-16-12)15(20)11-17-9-6-4-3-5-7-14(17)19;/h12-13,16H,3-11H2,1-2H3;1H. The maximum atomic E-state index is 12.5. The number of hydrogen-bond acceptors (Lipinski definition) is 3. The topological polar surface area (TPSA) is 52.7 Å². The van der Waals surface area contributed by atoms with Gasteiger partial charge in [-0.3, -0.25) is 9.59 Å². The van der Waals surface area contributed by atoms with Gasteiger partial charge in [0.2, 0.25) is 11.8 Å². The molecule has 2 heterocycles. The van der Waals surface area contributed by atoms with Crippen LogP contribution >= 0.6 is 12.4 Å². The lowest BCUT2D eigenvalue weighted by atomic mass is 10.1. The summed E-state index contributed by atoms with van der Waals surface area (Å²) in [6.45, 7) is 6.75. The fourth-order valence-electron chi connectivity index (χ4n) is 3.05. The Kier molecular flexibility index (Phi) is 7.46. The first kappa shape index (κ1) is 18.2. The zero-order valence-corrected chi connectivity index (χ0v) is 14.0. The molecule has 0 aromatic heterocycles. The van der Waals surface area contributed by atoms with Gasteiger partial charge in [0.15, 0.2) is 0 Å². The molecule has 122 valence electrons. The second-order valence-corrected chi connectivity index (χ2v) is 6.05. The lowest BCUT2D eigenvalue weighted by Crippen LogP contribution is -2.59. The van der Waals surface area contributed by atoms with Gasteiger partial charge in [-0.1, -0.05) is 12.8 Å². The molecule has 0 aliphatic carbocycles. The Bertz CT molecular complexity index is 365. The van der Waals surface area contributed by atoms with E-state index in [9.17, 15) is 9.59 Å². The van der Waals surface area contributed by atoms with E-state index in [1.807, 2.05) is 4.90 Å². The Balaban J connectivity index is 0.00000220. The summed E-state index contributed by atoms with van der Waals surface area (Å²) in [6.07, 6.45) is 4.89. The van der Waals surface area contributed by atoms with Crippen LogP contribution < -0.4 is 5.32 Å². The van der Waals surface area contributed by atoms with Gasteiger partial charge in [-0.05, 0) is 26.7 Å². The molecular formula is C15H28ClN3O2. The van der Waals surface area contributed by atoms with Crippen LogP contribution in [0.4, 0.5) is 0 Å². The van der Waals surface area contributed by atoms with Crippen molar-refractivity contribution >= 4 is 24.2 Å². The van der Waals surface area contributed by atoms with Crippen LogP contribution in [0, 0.1) is 0 Å². The summed E-state index contributed by atoms with van der Waals surface area (Å²) in [7, 11) is 0. The van der Waals surface area contributed by atoms with Crippen molar-refractivity contribution in [3.05, 3.63) is 0 Å². The van der Waals surface area contributed by atoms with Crippen LogP contribution in [0.2, 0.25) is 0 Å². The first-order chi connectivity index (χ1) is 9.59. The average molecular weight is 318 g/mol. The van der Waals surface area contributed by atoms with Gasteiger partial charge in [-0.25, -0.2) is 0 Å². The van der Waals surface area contributed by atoms with Gasteiger partial charge in [-0.15, -0.1) is 12.4 Å². The quantitative estimate of drug-likeness (QED) is 0.838. The van der Waals surface area contributed by atoms with Crippen molar-refractivity contribution in [3.63, 3.8) is 0 Å². The minimum Gasteiger partial charge on any atom is -0.336 e. The molecule has 2 fully saturated rings. The van der Waals surface area contributed by atoms with E-state index in [0.29, 0.717) is 12.5 Å². The molecule has 6 heteroatoms. The summed E-state index contributed by atoms with van der Waals surface area (Å²) >= 11 is 0. The molecule has 0 saturated carbocycles. The molecule has 2 amide bonds. The number of halogens is 1. The van der Waals surface area contributed by atoms with Gasteiger partial charge >= 0.3 is 0 Å². The summed E-state index contributed by atoms with van der Waals surface area (Å²) < 4.78 is 0. The van der Waals surface area contributed by atoms with Crippen LogP contribution in [0.25, 0.3) is 0 Å². The minimum absolute atomic E-state index is 0. The molecule has 2 rings (SSSR count). The van der Waals surface area contributed by atoms with Crippen LogP contribution in [-0.4, -0.2) is 59.9 Å². The van der Waals surface area contributed by atoms with Crippen molar-refractivity contribution in [2.75, 3.05) is 26.2 Å². The molecule has 0 radical (unpaired) electrons. The van der Waals surface area contributed by atoms with Crippen LogP contribution in [0.3, 0.4) is 0 Å². The van der Waals surface area contributed by atoms with Gasteiger partial charge in [0.25, 0.3) is 0 Å². The summed E-state index contributed by atoms with van der Waals surface area (Å²) in [4.78, 5) is 28.2. The highest BCUT2D eigenvalue weighted by atomic mass is 35.5. The zero-order chi connectivity index (χ0) is 14.5. The highest BCUT2D eigenvalue weighted by Crippen LogP contribution is 2.14. The number of likely N-dealkylation sites (tertiary alicyclic amines) is 1. The molecule has 0 aromatic carbocycles. The summed E-state index contributed by atoms with van der Waals surface area (Å²) in [5.41, 5.74) is 0. The number of nitrogens with zero attached hydrogens (tertiary/aromatic N) is 2. The van der Waals surface area contributed by atoms with E-state index in [-0.39, 0.29) is 36.8 Å². The monoisotopic (exact) mass is 317 g/mol. The van der Waals surface area contributed by atoms with Gasteiger partial charge < -0.3 is 15.1 Å². The van der Waals surface area contributed by atoms with Gasteiger partial charge in [-0.2, -0.15) is 0 Å². The number of carbonyl (C=O) groups is 2. The van der Waals surface area contributed by atoms with Crippen LogP contribution in [-0.2, 0) is 9.59 Å². The van der Waals surface area contributed by atoms with E-state index in [4.69, 9.17) is 0 Å². The SMILES string of the molecule is CC1NCCN(C(=O)CN2CCCCCCC2=O)C1C.Cl. The maximum Gasteiger partial charge on any atom is 0.242 e. The fourth-order valence-corrected chi connectivity index (χ4v) is 3.05. The Morgan fingerprint density at radius 3 is 2.67 bits per heavy atom. The molecular weight excluding hydrogens is 290 g/mol. The third-order valence-corrected chi connectivity index (χ3v) is 4.60. The first-order valence-electron chi connectivity index (χ1n) is 7.90. The van der Waals surface area contributed by atoms with Gasteiger partial charge in [0, 0.05) is 38.1 Å². The molecule has 1 N–H and O–H groups in total. The summed E-state index contributed by atoms with van der Waals surface area (Å²) in [5.74, 6) is 0.244. The lowest BCUT2D eigenvalue weighted by Gasteiger charge is -2.39. The molecule has 2 saturated heterocycles. The Morgan fingerprint density at radius 1 is 1.19 bits per heavy atom. The first-order valence-corrected chi connectivity index (χ1v) is 7.90. The second kappa shape index (κ2) is 8.59.